The summed E-state index contributed by atoms with van der Waals surface area (Å²) >= 11 is 0. The molecule has 2 amide bonds. The monoisotopic (exact) mass is 430 g/mol. The predicted molar refractivity (Wildman–Crippen MR) is 120 cm³/mol. The average Bonchev–Trinajstić information content (AvgIpc) is 3.20. The molecule has 2 aliphatic rings. The van der Waals surface area contributed by atoms with E-state index in [0.29, 0.717) is 35.2 Å². The number of rotatable bonds is 6. The SMILES string of the molecule is C=CCN1C(=O)C2(c3ccccc31)c1c(oc3ccccc3c1=O)C(=O)N2CCCOC. The van der Waals surface area contributed by atoms with Crippen LogP contribution >= 0.6 is 0 Å². The third-order valence-corrected chi connectivity index (χ3v) is 6.19. The number of anilines is 1. The lowest BCUT2D eigenvalue weighted by atomic mass is 9.84. The number of para-hydroxylation sites is 2. The van der Waals surface area contributed by atoms with Crippen LogP contribution in [0.5, 0.6) is 0 Å². The van der Waals surface area contributed by atoms with E-state index in [2.05, 4.69) is 6.58 Å². The number of amides is 2. The van der Waals surface area contributed by atoms with Crippen LogP contribution in [0.3, 0.4) is 0 Å². The molecule has 0 aliphatic carbocycles. The first-order chi connectivity index (χ1) is 15.6. The lowest BCUT2D eigenvalue weighted by molar-refractivity contribution is -0.126. The quantitative estimate of drug-likeness (QED) is 0.444. The van der Waals surface area contributed by atoms with Crippen LogP contribution in [0.15, 0.2) is 70.4 Å². The van der Waals surface area contributed by atoms with Crippen molar-refractivity contribution in [3.63, 3.8) is 0 Å². The van der Waals surface area contributed by atoms with Crippen molar-refractivity contribution in [2.24, 2.45) is 0 Å². The van der Waals surface area contributed by atoms with E-state index < -0.39 is 11.4 Å². The van der Waals surface area contributed by atoms with Crippen molar-refractivity contribution in [3.8, 4) is 0 Å². The van der Waals surface area contributed by atoms with Gasteiger partial charge in [-0.15, -0.1) is 6.58 Å². The Balaban J connectivity index is 1.86. The van der Waals surface area contributed by atoms with Crippen LogP contribution in [0.25, 0.3) is 11.0 Å². The van der Waals surface area contributed by atoms with Crippen molar-refractivity contribution >= 4 is 28.5 Å². The van der Waals surface area contributed by atoms with Gasteiger partial charge in [0.25, 0.3) is 11.8 Å². The second kappa shape index (κ2) is 7.46. The van der Waals surface area contributed by atoms with Crippen LogP contribution in [0.2, 0.25) is 0 Å². The maximum Gasteiger partial charge on any atom is 0.291 e. The summed E-state index contributed by atoms with van der Waals surface area (Å²) in [5.41, 5.74) is -0.290. The standard InChI is InChI=1S/C25H22N2O5/c1-3-13-26-18-11-6-5-10-17(18)25(24(26)30)20-21(28)16-9-4-7-12-19(16)32-22(20)23(29)27(25)14-8-15-31-2/h3-7,9-12H,1,8,13-15H2,2H3. The topological polar surface area (TPSA) is 80.1 Å². The first kappa shape index (κ1) is 20.2. The van der Waals surface area contributed by atoms with Gasteiger partial charge in [-0.2, -0.15) is 0 Å². The first-order valence-corrected chi connectivity index (χ1v) is 10.5. The number of carbonyl (C=O) groups is 2. The van der Waals surface area contributed by atoms with Crippen LogP contribution in [-0.4, -0.2) is 43.5 Å². The molecule has 162 valence electrons. The van der Waals surface area contributed by atoms with Crippen LogP contribution in [0.4, 0.5) is 5.69 Å². The highest BCUT2D eigenvalue weighted by atomic mass is 16.5. The van der Waals surface area contributed by atoms with E-state index in [-0.39, 0.29) is 35.7 Å². The number of carbonyl (C=O) groups excluding carboxylic acids is 2. The molecule has 7 heteroatoms. The molecule has 0 fully saturated rings. The van der Waals surface area contributed by atoms with Crippen molar-refractivity contribution in [1.29, 1.82) is 0 Å². The Morgan fingerprint density at radius 3 is 2.62 bits per heavy atom. The van der Waals surface area contributed by atoms with E-state index in [9.17, 15) is 14.4 Å². The molecule has 32 heavy (non-hydrogen) atoms. The van der Waals surface area contributed by atoms with Crippen molar-refractivity contribution in [2.45, 2.75) is 12.0 Å². The summed E-state index contributed by atoms with van der Waals surface area (Å²) in [6.07, 6.45) is 2.13. The van der Waals surface area contributed by atoms with Gasteiger partial charge in [0.05, 0.1) is 16.6 Å². The van der Waals surface area contributed by atoms with Gasteiger partial charge in [0.1, 0.15) is 5.58 Å². The minimum atomic E-state index is -1.58. The number of hydrogen-bond donors (Lipinski definition) is 0. The summed E-state index contributed by atoms with van der Waals surface area (Å²) < 4.78 is 11.1. The van der Waals surface area contributed by atoms with Crippen LogP contribution in [-0.2, 0) is 15.1 Å². The van der Waals surface area contributed by atoms with Crippen LogP contribution in [0, 0.1) is 0 Å². The molecule has 3 heterocycles. The lowest BCUT2D eigenvalue weighted by Crippen LogP contribution is -2.53. The van der Waals surface area contributed by atoms with E-state index in [4.69, 9.17) is 9.15 Å². The molecule has 0 saturated heterocycles. The Hall–Kier alpha value is -3.71. The molecule has 5 rings (SSSR count). The molecule has 1 atom stereocenters. The third-order valence-electron chi connectivity index (χ3n) is 6.19. The molecule has 1 unspecified atom stereocenters. The molecule has 7 nitrogen and oxygen atoms in total. The summed E-state index contributed by atoms with van der Waals surface area (Å²) in [4.78, 5) is 44.5. The van der Waals surface area contributed by atoms with E-state index in [1.165, 1.54) is 4.90 Å². The maximum absolute atomic E-state index is 14.1. The Morgan fingerprint density at radius 1 is 1.09 bits per heavy atom. The Labute approximate surface area is 184 Å². The molecular weight excluding hydrogens is 408 g/mol. The number of fused-ring (bicyclic) bond motifs is 5. The molecule has 0 bridgehead atoms. The van der Waals surface area contributed by atoms with Crippen molar-refractivity contribution < 1.29 is 18.7 Å². The largest absolute Gasteiger partial charge is 0.450 e. The zero-order valence-corrected chi connectivity index (χ0v) is 17.7. The number of hydrogen-bond acceptors (Lipinski definition) is 5. The fourth-order valence-electron chi connectivity index (χ4n) is 4.91. The third kappa shape index (κ3) is 2.48. The minimum Gasteiger partial charge on any atom is -0.450 e. The average molecular weight is 430 g/mol. The molecule has 2 aliphatic heterocycles. The molecule has 1 spiro atoms. The van der Waals surface area contributed by atoms with Crippen molar-refractivity contribution in [2.75, 3.05) is 31.7 Å². The number of ether oxygens (including phenoxy) is 1. The first-order valence-electron chi connectivity index (χ1n) is 10.5. The smallest absolute Gasteiger partial charge is 0.291 e. The van der Waals surface area contributed by atoms with Gasteiger partial charge in [0, 0.05) is 32.4 Å². The summed E-state index contributed by atoms with van der Waals surface area (Å²) in [7, 11) is 1.58. The Kier molecular flexibility index (Phi) is 4.71. The highest BCUT2D eigenvalue weighted by molar-refractivity contribution is 6.17. The Morgan fingerprint density at radius 2 is 1.84 bits per heavy atom. The van der Waals surface area contributed by atoms with E-state index >= 15 is 0 Å². The number of methoxy groups -OCH3 is 1. The lowest BCUT2D eigenvalue weighted by Gasteiger charge is -2.34. The van der Waals surface area contributed by atoms with Gasteiger partial charge >= 0.3 is 0 Å². The predicted octanol–water partition coefficient (Wildman–Crippen LogP) is 3.06. The second-order valence-corrected chi connectivity index (χ2v) is 7.87. The van der Waals surface area contributed by atoms with E-state index in [1.54, 1.807) is 48.4 Å². The van der Waals surface area contributed by atoms with Gasteiger partial charge in [-0.25, -0.2) is 0 Å². The van der Waals surface area contributed by atoms with Crippen LogP contribution in [0.1, 0.15) is 28.1 Å². The van der Waals surface area contributed by atoms with E-state index in [1.807, 2.05) is 18.2 Å². The maximum atomic E-state index is 14.1. The summed E-state index contributed by atoms with van der Waals surface area (Å²) in [5.74, 6) is -0.900. The van der Waals surface area contributed by atoms with Gasteiger partial charge in [0.15, 0.2) is 11.0 Å². The highest BCUT2D eigenvalue weighted by Gasteiger charge is 2.64. The molecule has 0 radical (unpaired) electrons. The van der Waals surface area contributed by atoms with Gasteiger partial charge in [0.2, 0.25) is 5.76 Å². The van der Waals surface area contributed by atoms with Gasteiger partial charge in [-0.05, 0) is 24.6 Å². The van der Waals surface area contributed by atoms with Crippen molar-refractivity contribution in [1.82, 2.24) is 4.90 Å². The fraction of sp³-hybridized carbons (Fsp3) is 0.240. The molecule has 1 aromatic heterocycles. The minimum absolute atomic E-state index is 0.0743. The summed E-state index contributed by atoms with van der Waals surface area (Å²) in [5, 5.41) is 0.338. The molecule has 3 aromatic rings. The Bertz CT molecular complexity index is 1330. The molecule has 0 N–H and O–H groups in total. The van der Waals surface area contributed by atoms with Crippen molar-refractivity contribution in [3.05, 3.63) is 88.3 Å². The second-order valence-electron chi connectivity index (χ2n) is 7.87. The zero-order chi connectivity index (χ0) is 22.5. The molecular formula is C25H22N2O5. The highest BCUT2D eigenvalue weighted by Crippen LogP contribution is 2.52. The normalized spacial score (nSPS) is 19.2. The van der Waals surface area contributed by atoms with Gasteiger partial charge < -0.3 is 19.0 Å². The van der Waals surface area contributed by atoms with Gasteiger partial charge in [-0.3, -0.25) is 14.4 Å². The molecule has 0 saturated carbocycles. The van der Waals surface area contributed by atoms with Crippen LogP contribution < -0.4 is 10.3 Å². The zero-order valence-electron chi connectivity index (χ0n) is 17.7. The summed E-state index contributed by atoms with van der Waals surface area (Å²) in [6.45, 7) is 4.67. The fourth-order valence-corrected chi connectivity index (χ4v) is 4.91. The molecule has 2 aromatic carbocycles. The van der Waals surface area contributed by atoms with E-state index in [0.717, 1.165) is 0 Å². The number of benzene rings is 2. The summed E-state index contributed by atoms with van der Waals surface area (Å²) in [6, 6.07) is 14.0. The number of nitrogens with zero attached hydrogens (tertiary/aromatic N) is 2. The van der Waals surface area contributed by atoms with Gasteiger partial charge in [-0.1, -0.05) is 36.4 Å².